The van der Waals surface area contributed by atoms with Crippen LogP contribution in [0.5, 0.6) is 0 Å². The van der Waals surface area contributed by atoms with Crippen molar-refractivity contribution in [1.82, 2.24) is 4.98 Å². The Balaban J connectivity index is 1.57. The van der Waals surface area contributed by atoms with Gasteiger partial charge < -0.3 is 10.1 Å². The molecule has 1 amide bonds. The number of nitro benzene ring substituents is 1. The Kier molecular flexibility index (Phi) is 6.57. The first-order valence-corrected chi connectivity index (χ1v) is 10.4. The minimum absolute atomic E-state index is 0.0638. The third-order valence-electron chi connectivity index (χ3n) is 3.71. The Morgan fingerprint density at radius 2 is 2.14 bits per heavy atom. The Morgan fingerprint density at radius 3 is 2.83 bits per heavy atom. The van der Waals surface area contributed by atoms with E-state index in [0.29, 0.717) is 5.69 Å². The lowest BCUT2D eigenvalue weighted by Gasteiger charge is -2.14. The number of non-ortho nitro benzene ring substituents is 1. The topological polar surface area (TPSA) is 111 Å². The van der Waals surface area contributed by atoms with Crippen molar-refractivity contribution in [2.24, 2.45) is 0 Å². The Hall–Kier alpha value is -2.82. The van der Waals surface area contributed by atoms with Gasteiger partial charge in [0.25, 0.3) is 11.6 Å². The number of hydrogen-bond acceptors (Lipinski definition) is 8. The predicted molar refractivity (Wildman–Crippen MR) is 111 cm³/mol. The van der Waals surface area contributed by atoms with E-state index in [1.165, 1.54) is 30.4 Å². The van der Waals surface area contributed by atoms with Gasteiger partial charge in [-0.3, -0.25) is 19.7 Å². The molecule has 150 valence electrons. The highest BCUT2D eigenvalue weighted by molar-refractivity contribution is 7.20. The number of nitrogens with one attached hydrogen (secondary N) is 1. The van der Waals surface area contributed by atoms with Gasteiger partial charge >= 0.3 is 5.97 Å². The second-order valence-electron chi connectivity index (χ2n) is 5.84. The number of ether oxygens (including phenoxy) is 1. The number of carbonyl (C=O) groups is 2. The van der Waals surface area contributed by atoms with Crippen LogP contribution in [-0.2, 0) is 20.7 Å². The summed E-state index contributed by atoms with van der Waals surface area (Å²) in [5.41, 5.74) is 0.394. The zero-order valence-electron chi connectivity index (χ0n) is 15.0. The number of amides is 1. The van der Waals surface area contributed by atoms with Crippen molar-refractivity contribution < 1.29 is 19.2 Å². The number of hydrogen-bond donors (Lipinski definition) is 1. The van der Waals surface area contributed by atoms with E-state index >= 15 is 0 Å². The number of esters is 1. The molecule has 0 aliphatic carbocycles. The van der Waals surface area contributed by atoms with Gasteiger partial charge in [0.1, 0.15) is 5.01 Å². The third kappa shape index (κ3) is 5.37. The van der Waals surface area contributed by atoms with Gasteiger partial charge in [-0.25, -0.2) is 4.98 Å². The summed E-state index contributed by atoms with van der Waals surface area (Å²) in [6, 6.07) is 7.52. The van der Waals surface area contributed by atoms with Crippen molar-refractivity contribution in [3.63, 3.8) is 0 Å². The quantitative estimate of drug-likeness (QED) is 0.320. The van der Waals surface area contributed by atoms with Crippen molar-refractivity contribution in [2.75, 3.05) is 5.32 Å². The number of anilines is 1. The zero-order valence-corrected chi connectivity index (χ0v) is 17.3. The molecule has 8 nitrogen and oxygen atoms in total. The lowest BCUT2D eigenvalue weighted by atomic mass is 10.2. The van der Waals surface area contributed by atoms with Gasteiger partial charge in [-0.15, -0.1) is 22.7 Å². The molecule has 0 fully saturated rings. The highest BCUT2D eigenvalue weighted by Gasteiger charge is 2.21. The molecule has 0 aliphatic rings. The number of nitrogens with zero attached hydrogens (tertiary/aromatic N) is 2. The number of thiazole rings is 1. The monoisotopic (exact) mass is 451 g/mol. The summed E-state index contributed by atoms with van der Waals surface area (Å²) < 4.78 is 5.15. The molecule has 1 unspecified atom stereocenters. The largest absolute Gasteiger partial charge is 0.452 e. The van der Waals surface area contributed by atoms with Crippen LogP contribution >= 0.6 is 34.3 Å². The standard InChI is InChI=1S/C18H14ClN3O5S2/c1-10(17(24)21-14-8-12(22(25)26)4-5-13(14)19)27-16(23)7-11-9-29-18(20-11)15-3-2-6-28-15/h2-6,8-10H,7H2,1H3,(H,21,24). The van der Waals surface area contributed by atoms with Gasteiger partial charge in [-0.2, -0.15) is 0 Å². The molecule has 0 spiro atoms. The number of benzene rings is 1. The molecule has 0 bridgehead atoms. The SMILES string of the molecule is CC(OC(=O)Cc1csc(-c2cccs2)n1)C(=O)Nc1cc([N+](=O)[O-])ccc1Cl. The van der Waals surface area contributed by atoms with Gasteiger partial charge in [-0.1, -0.05) is 17.7 Å². The predicted octanol–water partition coefficient (Wildman–Crippen LogP) is 4.55. The zero-order chi connectivity index (χ0) is 21.0. The minimum atomic E-state index is -1.12. The summed E-state index contributed by atoms with van der Waals surface area (Å²) in [6.45, 7) is 1.40. The fourth-order valence-corrected chi connectivity index (χ4v) is 4.10. The summed E-state index contributed by atoms with van der Waals surface area (Å²) in [7, 11) is 0. The summed E-state index contributed by atoms with van der Waals surface area (Å²) in [5.74, 6) is -1.26. The molecule has 1 aromatic carbocycles. The number of halogens is 1. The number of aromatic nitrogens is 1. The average Bonchev–Trinajstić information content (AvgIpc) is 3.34. The van der Waals surface area contributed by atoms with Crippen LogP contribution in [-0.4, -0.2) is 27.9 Å². The number of carbonyl (C=O) groups excluding carboxylic acids is 2. The van der Waals surface area contributed by atoms with Crippen LogP contribution in [0.15, 0.2) is 41.1 Å². The Bertz CT molecular complexity index is 1050. The summed E-state index contributed by atoms with van der Waals surface area (Å²) in [5, 5.41) is 17.9. The highest BCUT2D eigenvalue weighted by Crippen LogP contribution is 2.28. The van der Waals surface area contributed by atoms with E-state index in [9.17, 15) is 19.7 Å². The number of nitro groups is 1. The molecule has 0 saturated heterocycles. The summed E-state index contributed by atoms with van der Waals surface area (Å²) in [6.07, 6.45) is -1.19. The van der Waals surface area contributed by atoms with E-state index in [-0.39, 0.29) is 22.8 Å². The fraction of sp³-hybridized carbons (Fsp3) is 0.167. The van der Waals surface area contributed by atoms with E-state index in [1.807, 2.05) is 17.5 Å². The van der Waals surface area contributed by atoms with E-state index in [2.05, 4.69) is 10.3 Å². The molecule has 3 aromatic rings. The fourth-order valence-electron chi connectivity index (χ4n) is 2.30. The summed E-state index contributed by atoms with van der Waals surface area (Å²) in [4.78, 5) is 40.1. The maximum Gasteiger partial charge on any atom is 0.312 e. The normalized spacial score (nSPS) is 11.7. The van der Waals surface area contributed by atoms with Crippen LogP contribution in [0.4, 0.5) is 11.4 Å². The molecule has 3 rings (SSSR count). The van der Waals surface area contributed by atoms with Gasteiger partial charge in [-0.05, 0) is 24.4 Å². The van der Waals surface area contributed by atoms with Gasteiger partial charge in [0.2, 0.25) is 0 Å². The van der Waals surface area contributed by atoms with Crippen molar-refractivity contribution in [2.45, 2.75) is 19.4 Å². The number of thiophene rings is 1. The van der Waals surface area contributed by atoms with E-state index < -0.39 is 22.9 Å². The molecule has 2 aromatic heterocycles. The second-order valence-corrected chi connectivity index (χ2v) is 8.05. The first-order chi connectivity index (χ1) is 13.8. The van der Waals surface area contributed by atoms with Crippen molar-refractivity contribution >= 4 is 57.5 Å². The highest BCUT2D eigenvalue weighted by atomic mass is 35.5. The van der Waals surface area contributed by atoms with Crippen LogP contribution in [0.3, 0.4) is 0 Å². The smallest absolute Gasteiger partial charge is 0.312 e. The van der Waals surface area contributed by atoms with Crippen molar-refractivity contribution in [3.8, 4) is 9.88 Å². The first kappa shape index (κ1) is 20.9. The van der Waals surface area contributed by atoms with E-state index in [1.54, 1.807) is 16.7 Å². The van der Waals surface area contributed by atoms with Crippen LogP contribution in [0.1, 0.15) is 12.6 Å². The van der Waals surface area contributed by atoms with Crippen LogP contribution in [0.2, 0.25) is 5.02 Å². The van der Waals surface area contributed by atoms with Crippen molar-refractivity contribution in [3.05, 3.63) is 61.9 Å². The van der Waals surface area contributed by atoms with Crippen LogP contribution in [0, 0.1) is 10.1 Å². The molecule has 1 atom stereocenters. The molecule has 2 heterocycles. The second kappa shape index (κ2) is 9.12. The maximum absolute atomic E-state index is 12.3. The van der Waals surface area contributed by atoms with Crippen LogP contribution in [0.25, 0.3) is 9.88 Å². The van der Waals surface area contributed by atoms with E-state index in [0.717, 1.165) is 16.0 Å². The lowest BCUT2D eigenvalue weighted by molar-refractivity contribution is -0.384. The minimum Gasteiger partial charge on any atom is -0.452 e. The van der Waals surface area contributed by atoms with Crippen LogP contribution < -0.4 is 5.32 Å². The molecular weight excluding hydrogens is 438 g/mol. The molecule has 29 heavy (non-hydrogen) atoms. The molecular formula is C18H14ClN3O5S2. The molecule has 0 radical (unpaired) electrons. The lowest BCUT2D eigenvalue weighted by Crippen LogP contribution is -2.30. The average molecular weight is 452 g/mol. The maximum atomic E-state index is 12.3. The Labute approximate surface area is 178 Å². The molecule has 0 aliphatic heterocycles. The molecule has 1 N–H and O–H groups in total. The molecule has 11 heteroatoms. The molecule has 0 saturated carbocycles. The van der Waals surface area contributed by atoms with Gasteiger partial charge in [0.15, 0.2) is 6.10 Å². The first-order valence-electron chi connectivity index (χ1n) is 8.26. The van der Waals surface area contributed by atoms with E-state index in [4.69, 9.17) is 16.3 Å². The number of rotatable bonds is 7. The van der Waals surface area contributed by atoms with Gasteiger partial charge in [0, 0.05) is 17.5 Å². The van der Waals surface area contributed by atoms with Gasteiger partial charge in [0.05, 0.1) is 32.6 Å². The third-order valence-corrected chi connectivity index (χ3v) is 5.97. The van der Waals surface area contributed by atoms with Crippen molar-refractivity contribution in [1.29, 1.82) is 0 Å². The Morgan fingerprint density at radius 1 is 1.34 bits per heavy atom. The summed E-state index contributed by atoms with van der Waals surface area (Å²) >= 11 is 8.93.